The van der Waals surface area contributed by atoms with E-state index in [1.807, 2.05) is 6.20 Å². The molecule has 1 saturated heterocycles. The van der Waals surface area contributed by atoms with Crippen molar-refractivity contribution in [2.75, 3.05) is 19.8 Å². The molecule has 0 aromatic carbocycles. The van der Waals surface area contributed by atoms with Gasteiger partial charge in [0.2, 0.25) is 5.89 Å². The molecule has 0 aliphatic carbocycles. The van der Waals surface area contributed by atoms with Crippen molar-refractivity contribution in [3.8, 4) is 0 Å². The first kappa shape index (κ1) is 19.4. The summed E-state index contributed by atoms with van der Waals surface area (Å²) >= 11 is 0. The zero-order chi connectivity index (χ0) is 17.8. The minimum atomic E-state index is -1.65. The molecule has 0 amide bonds. The fraction of sp³-hybridized carbons (Fsp3) is 0.722. The number of hydrogen-bond donors (Lipinski definition) is 1. The molecule has 0 bridgehead atoms. The van der Waals surface area contributed by atoms with Gasteiger partial charge in [0, 0.05) is 13.0 Å². The largest absolute Gasteiger partial charge is 0.444 e. The predicted octanol–water partition coefficient (Wildman–Crippen LogP) is 3.84. The third kappa shape index (κ3) is 5.27. The van der Waals surface area contributed by atoms with E-state index < -0.39 is 8.32 Å². The summed E-state index contributed by atoms with van der Waals surface area (Å²) in [6.07, 6.45) is 5.42. The van der Waals surface area contributed by atoms with Crippen molar-refractivity contribution >= 4 is 8.32 Å². The van der Waals surface area contributed by atoms with Crippen LogP contribution in [0.5, 0.6) is 0 Å². The van der Waals surface area contributed by atoms with Gasteiger partial charge < -0.3 is 13.6 Å². The zero-order valence-electron chi connectivity index (χ0n) is 15.7. The molecule has 0 saturated carbocycles. The lowest BCUT2D eigenvalue weighted by molar-refractivity contribution is 0.162. The van der Waals surface area contributed by atoms with Crippen LogP contribution in [-0.2, 0) is 15.6 Å². The topological polar surface area (TPSA) is 66.4 Å². The average molecular weight is 353 g/mol. The molecule has 1 aliphatic heterocycles. The van der Waals surface area contributed by atoms with Crippen molar-refractivity contribution in [3.63, 3.8) is 0 Å². The van der Waals surface area contributed by atoms with Crippen LogP contribution in [0.2, 0.25) is 18.1 Å². The molecule has 24 heavy (non-hydrogen) atoms. The summed E-state index contributed by atoms with van der Waals surface area (Å²) in [6.45, 7) is 17.0. The number of ether oxygens (including phenoxy) is 1. The second kappa shape index (κ2) is 7.95. The first-order chi connectivity index (χ1) is 11.2. The molecule has 5 nitrogen and oxygen atoms in total. The molecule has 0 spiro atoms. The van der Waals surface area contributed by atoms with E-state index in [0.717, 1.165) is 31.1 Å². The van der Waals surface area contributed by atoms with Gasteiger partial charge in [-0.05, 0) is 24.6 Å². The normalized spacial score (nSPS) is 21.0. The highest BCUT2D eigenvalue weighted by Crippen LogP contribution is 2.36. The number of rotatable bonds is 10. The summed E-state index contributed by atoms with van der Waals surface area (Å²) in [5, 5.41) is 3.58. The van der Waals surface area contributed by atoms with Crippen LogP contribution in [0.3, 0.4) is 0 Å². The molecule has 0 unspecified atom stereocenters. The second-order valence-electron chi connectivity index (χ2n) is 7.95. The maximum Gasteiger partial charge on any atom is 0.213 e. The highest BCUT2D eigenvalue weighted by Gasteiger charge is 2.41. The molecule has 2 heterocycles. The summed E-state index contributed by atoms with van der Waals surface area (Å²) in [5.74, 6) is 1.70. The fourth-order valence-corrected chi connectivity index (χ4v) is 3.30. The maximum absolute atomic E-state index is 6.19. The Morgan fingerprint density at radius 3 is 2.83 bits per heavy atom. The number of oxazole rings is 1. The third-order valence-corrected chi connectivity index (χ3v) is 9.43. The smallest absolute Gasteiger partial charge is 0.213 e. The molecular formula is C18H32N2O3Si. The van der Waals surface area contributed by atoms with Crippen LogP contribution in [0.4, 0.5) is 0 Å². The molecule has 1 aromatic heterocycles. The maximum atomic E-state index is 6.19. The van der Waals surface area contributed by atoms with Crippen LogP contribution in [0.15, 0.2) is 23.3 Å². The Balaban J connectivity index is 1.69. The Labute approximate surface area is 147 Å². The number of aryl methyl sites for hydroxylation is 1. The average Bonchev–Trinajstić information content (AvgIpc) is 3.11. The van der Waals surface area contributed by atoms with Crippen molar-refractivity contribution in [2.45, 2.75) is 63.8 Å². The van der Waals surface area contributed by atoms with E-state index in [1.165, 1.54) is 0 Å². The van der Waals surface area contributed by atoms with Crippen LogP contribution in [0, 0.1) is 0 Å². The molecule has 2 rings (SSSR count). The molecule has 1 aromatic rings. The monoisotopic (exact) mass is 352 g/mol. The Morgan fingerprint density at radius 2 is 2.17 bits per heavy atom. The zero-order valence-corrected chi connectivity index (χ0v) is 16.7. The minimum Gasteiger partial charge on any atom is -0.444 e. The van der Waals surface area contributed by atoms with Crippen molar-refractivity contribution in [1.82, 2.24) is 10.3 Å². The van der Waals surface area contributed by atoms with Crippen molar-refractivity contribution in [1.29, 1.82) is 0 Å². The van der Waals surface area contributed by atoms with E-state index in [-0.39, 0.29) is 11.1 Å². The predicted molar refractivity (Wildman–Crippen MR) is 98.7 cm³/mol. The van der Waals surface area contributed by atoms with E-state index in [0.29, 0.717) is 19.3 Å². The highest BCUT2D eigenvalue weighted by molar-refractivity contribution is 6.74. The van der Waals surface area contributed by atoms with Crippen molar-refractivity contribution in [2.24, 2.45) is 0 Å². The summed E-state index contributed by atoms with van der Waals surface area (Å²) < 4.78 is 17.5. The number of nitrogens with zero attached hydrogens (tertiary/aromatic N) is 1. The minimum absolute atomic E-state index is 0.187. The van der Waals surface area contributed by atoms with E-state index in [1.54, 1.807) is 6.08 Å². The van der Waals surface area contributed by atoms with Gasteiger partial charge >= 0.3 is 0 Å². The Morgan fingerprint density at radius 1 is 1.42 bits per heavy atom. The summed E-state index contributed by atoms with van der Waals surface area (Å²) in [7, 11) is -1.65. The van der Waals surface area contributed by atoms with Crippen molar-refractivity contribution < 1.29 is 13.6 Å². The number of aromatic nitrogens is 1. The molecule has 136 valence electrons. The Bertz CT molecular complexity index is 537. The van der Waals surface area contributed by atoms with Gasteiger partial charge in [-0.15, -0.1) is 6.58 Å². The van der Waals surface area contributed by atoms with Gasteiger partial charge in [-0.1, -0.05) is 26.8 Å². The lowest BCUT2D eigenvalue weighted by atomic mass is 10.2. The lowest BCUT2D eigenvalue weighted by Crippen LogP contribution is -2.41. The Hall–Kier alpha value is -0.953. The fourth-order valence-electron chi connectivity index (χ4n) is 2.21. The van der Waals surface area contributed by atoms with Gasteiger partial charge in [0.1, 0.15) is 11.8 Å². The van der Waals surface area contributed by atoms with Crippen LogP contribution < -0.4 is 5.32 Å². The Kier molecular flexibility index (Phi) is 6.42. The van der Waals surface area contributed by atoms with Crippen LogP contribution in [0.1, 0.15) is 44.9 Å². The molecular weight excluding hydrogens is 320 g/mol. The molecule has 1 aliphatic rings. The first-order valence-electron chi connectivity index (χ1n) is 8.78. The van der Waals surface area contributed by atoms with Gasteiger partial charge in [-0.3, -0.25) is 5.32 Å². The molecule has 0 radical (unpaired) electrons. The summed E-state index contributed by atoms with van der Waals surface area (Å²) in [4.78, 5) is 4.39. The van der Waals surface area contributed by atoms with Gasteiger partial charge in [0.05, 0.1) is 25.5 Å². The standard InChI is InChI=1S/C18H32N2O3Si/c1-7-10-21-13-15-16(20-15)17-19-12-14(23-17)9-8-11-22-24(5,6)18(2,3)4/h7,12,15-16,20H,1,8-11,13H2,2-6H3/t15-,16-/m0/s1. The van der Waals surface area contributed by atoms with Gasteiger partial charge in [-0.2, -0.15) is 0 Å². The molecule has 1 N–H and O–H groups in total. The van der Waals surface area contributed by atoms with Crippen LogP contribution >= 0.6 is 0 Å². The SMILES string of the molecule is C=CCOC[C@@H]1N[C@@H]1c1ncc(CCCO[Si](C)(C)C(C)(C)C)o1. The second-order valence-corrected chi connectivity index (χ2v) is 12.8. The van der Waals surface area contributed by atoms with Crippen LogP contribution in [-0.4, -0.2) is 39.2 Å². The number of nitrogens with one attached hydrogen (secondary N) is 1. The molecule has 1 fully saturated rings. The van der Waals surface area contributed by atoms with Crippen molar-refractivity contribution in [3.05, 3.63) is 30.5 Å². The molecule has 6 heteroatoms. The quantitative estimate of drug-likeness (QED) is 0.300. The third-order valence-electron chi connectivity index (χ3n) is 4.89. The van der Waals surface area contributed by atoms with E-state index in [9.17, 15) is 0 Å². The summed E-state index contributed by atoms with van der Waals surface area (Å²) in [5.41, 5.74) is 0. The summed E-state index contributed by atoms with van der Waals surface area (Å²) in [6, 6.07) is 0.491. The van der Waals surface area contributed by atoms with Gasteiger partial charge in [0.15, 0.2) is 8.32 Å². The van der Waals surface area contributed by atoms with Gasteiger partial charge in [-0.25, -0.2) is 4.98 Å². The van der Waals surface area contributed by atoms with E-state index in [2.05, 4.69) is 50.7 Å². The van der Waals surface area contributed by atoms with Gasteiger partial charge in [0.25, 0.3) is 0 Å². The first-order valence-corrected chi connectivity index (χ1v) is 11.7. The van der Waals surface area contributed by atoms with E-state index in [4.69, 9.17) is 13.6 Å². The highest BCUT2D eigenvalue weighted by atomic mass is 28.4. The number of hydrogen-bond acceptors (Lipinski definition) is 5. The van der Waals surface area contributed by atoms with E-state index >= 15 is 0 Å². The molecule has 2 atom stereocenters. The van der Waals surface area contributed by atoms with Crippen LogP contribution in [0.25, 0.3) is 0 Å². The lowest BCUT2D eigenvalue weighted by Gasteiger charge is -2.36.